The first-order valence-electron chi connectivity index (χ1n) is 19.8. The third-order valence-corrected chi connectivity index (χ3v) is 11.5. The van der Waals surface area contributed by atoms with Crippen LogP contribution in [0.15, 0.2) is 78.1 Å². The number of rotatable bonds is 9. The average molecular weight is 809 g/mol. The second kappa shape index (κ2) is 17.5. The molecule has 0 atom stereocenters. The van der Waals surface area contributed by atoms with Crippen molar-refractivity contribution in [2.75, 3.05) is 58.9 Å². The Hall–Kier alpha value is -6.00. The van der Waals surface area contributed by atoms with Crippen molar-refractivity contribution < 1.29 is 32.3 Å². The van der Waals surface area contributed by atoms with Gasteiger partial charge in [0.1, 0.15) is 29.3 Å². The maximum absolute atomic E-state index is 15.0. The van der Waals surface area contributed by atoms with Crippen LogP contribution in [0.2, 0.25) is 0 Å². The van der Waals surface area contributed by atoms with Gasteiger partial charge in [-0.05, 0) is 67.1 Å². The number of hydrogen-bond acceptors (Lipinski definition) is 9. The van der Waals surface area contributed by atoms with Crippen molar-refractivity contribution in [2.24, 2.45) is 0 Å². The number of aromatic nitrogens is 4. The Morgan fingerprint density at radius 3 is 1.98 bits per heavy atom. The lowest BCUT2D eigenvalue weighted by molar-refractivity contribution is -0.135. The lowest BCUT2D eigenvalue weighted by Gasteiger charge is -2.38. The van der Waals surface area contributed by atoms with Crippen molar-refractivity contribution in [2.45, 2.75) is 44.3 Å². The monoisotopic (exact) mass is 808 g/mol. The number of aromatic amines is 1. The number of piperidine rings is 2. The highest BCUT2D eigenvalue weighted by Crippen LogP contribution is 2.27. The number of halogens is 3. The second-order valence-corrected chi connectivity index (χ2v) is 15.3. The molecule has 0 aliphatic carbocycles. The summed E-state index contributed by atoms with van der Waals surface area (Å²) in [6.45, 7) is 3.48. The molecule has 16 heteroatoms. The number of ether oxygens (including phenoxy) is 1. The Morgan fingerprint density at radius 1 is 0.695 bits per heavy atom. The first kappa shape index (κ1) is 39.8. The van der Waals surface area contributed by atoms with Gasteiger partial charge in [0.05, 0.1) is 35.4 Å². The van der Waals surface area contributed by atoms with Gasteiger partial charge < -0.3 is 19.4 Å². The quantitative estimate of drug-likeness (QED) is 0.228. The van der Waals surface area contributed by atoms with E-state index in [1.54, 1.807) is 34.1 Å². The van der Waals surface area contributed by atoms with Gasteiger partial charge in [-0.15, -0.1) is 0 Å². The van der Waals surface area contributed by atoms with E-state index in [0.717, 1.165) is 25.0 Å². The molecule has 0 bridgehead atoms. The number of nitrogens with one attached hydrogen (secondary N) is 1. The third kappa shape index (κ3) is 8.88. The normalized spacial score (nSPS) is 17.1. The number of carbonyl (C=O) groups is 3. The summed E-state index contributed by atoms with van der Waals surface area (Å²) in [5, 5.41) is 7.91. The second-order valence-electron chi connectivity index (χ2n) is 15.3. The standard InChI is InChI=1S/C43H43F3N8O5/c44-35-6-5-27(20-38-32-3-1-2-4-33(32)41(56)50-49-38)19-34(35)42(57)54-17-15-52(16-18-54)39(55)25-51-11-7-30(8-12-51)59-31-9-13-53(14-10-31)43(58)40-36(45)21-28(22-37(40)46)29-23-47-26-48-24-29/h1-6,19,21-24,26,30-31H,7-18,20,25H2,(H,50,56). The van der Waals surface area contributed by atoms with E-state index < -0.39 is 34.8 Å². The van der Waals surface area contributed by atoms with Crippen LogP contribution in [0.5, 0.6) is 0 Å². The van der Waals surface area contributed by atoms with Crippen molar-refractivity contribution in [1.82, 2.24) is 39.8 Å². The smallest absolute Gasteiger partial charge is 0.272 e. The van der Waals surface area contributed by atoms with Crippen LogP contribution in [0.1, 0.15) is 57.7 Å². The van der Waals surface area contributed by atoms with E-state index in [0.29, 0.717) is 86.1 Å². The zero-order chi connectivity index (χ0) is 41.0. The molecule has 5 heterocycles. The van der Waals surface area contributed by atoms with Crippen LogP contribution in [0.25, 0.3) is 21.9 Å². The number of nitrogens with zero attached hydrogens (tertiary/aromatic N) is 7. The fourth-order valence-electron chi connectivity index (χ4n) is 8.19. The van der Waals surface area contributed by atoms with E-state index >= 15 is 8.78 Å². The van der Waals surface area contributed by atoms with Crippen LogP contribution in [0, 0.1) is 17.5 Å². The van der Waals surface area contributed by atoms with Crippen LogP contribution in [-0.2, 0) is 16.0 Å². The van der Waals surface area contributed by atoms with Gasteiger partial charge in [-0.2, -0.15) is 5.10 Å². The molecular formula is C43H43F3N8O5. The average Bonchev–Trinajstić information content (AvgIpc) is 3.26. The zero-order valence-electron chi connectivity index (χ0n) is 32.3. The molecule has 8 rings (SSSR count). The minimum absolute atomic E-state index is 0.00112. The van der Waals surface area contributed by atoms with E-state index in [1.165, 1.54) is 35.8 Å². The fourth-order valence-corrected chi connectivity index (χ4v) is 8.19. The predicted octanol–water partition coefficient (Wildman–Crippen LogP) is 4.46. The minimum Gasteiger partial charge on any atom is -0.375 e. The molecule has 306 valence electrons. The van der Waals surface area contributed by atoms with Crippen LogP contribution < -0.4 is 5.56 Å². The van der Waals surface area contributed by atoms with E-state index in [9.17, 15) is 23.6 Å². The number of benzene rings is 3. The summed E-state index contributed by atoms with van der Waals surface area (Å²) < 4.78 is 51.4. The Bertz CT molecular complexity index is 2390. The van der Waals surface area contributed by atoms with Crippen molar-refractivity contribution in [1.29, 1.82) is 0 Å². The number of H-pyrrole nitrogens is 1. The molecule has 3 aromatic carbocycles. The van der Waals surface area contributed by atoms with Gasteiger partial charge in [-0.3, -0.25) is 24.1 Å². The van der Waals surface area contributed by atoms with Crippen molar-refractivity contribution >= 4 is 28.5 Å². The molecule has 2 aromatic heterocycles. The number of fused-ring (bicyclic) bond motifs is 1. The highest BCUT2D eigenvalue weighted by Gasteiger charge is 2.32. The Morgan fingerprint density at radius 2 is 1.31 bits per heavy atom. The summed E-state index contributed by atoms with van der Waals surface area (Å²) in [6.07, 6.45) is 6.98. The Kier molecular flexibility index (Phi) is 11.8. The highest BCUT2D eigenvalue weighted by atomic mass is 19.1. The van der Waals surface area contributed by atoms with Crippen molar-refractivity contribution in [3.8, 4) is 11.1 Å². The molecule has 3 saturated heterocycles. The van der Waals surface area contributed by atoms with Crippen LogP contribution in [0.4, 0.5) is 13.2 Å². The maximum Gasteiger partial charge on any atom is 0.272 e. The number of amides is 3. The van der Waals surface area contributed by atoms with Gasteiger partial charge in [-0.1, -0.05) is 24.3 Å². The molecule has 0 unspecified atom stereocenters. The largest absolute Gasteiger partial charge is 0.375 e. The molecule has 1 N–H and O–H groups in total. The number of piperazine rings is 1. The lowest BCUT2D eigenvalue weighted by atomic mass is 10.0. The molecule has 3 amide bonds. The summed E-state index contributed by atoms with van der Waals surface area (Å²) in [4.78, 5) is 66.7. The molecule has 3 aliphatic heterocycles. The highest BCUT2D eigenvalue weighted by molar-refractivity contribution is 5.96. The molecular weight excluding hydrogens is 766 g/mol. The topological polar surface area (TPSA) is 145 Å². The van der Waals surface area contributed by atoms with E-state index in [4.69, 9.17) is 4.74 Å². The molecule has 0 saturated carbocycles. The van der Waals surface area contributed by atoms with Gasteiger partial charge in [0.25, 0.3) is 17.4 Å². The van der Waals surface area contributed by atoms with Crippen LogP contribution in [0.3, 0.4) is 0 Å². The van der Waals surface area contributed by atoms with Gasteiger partial charge in [0.2, 0.25) is 5.91 Å². The van der Waals surface area contributed by atoms with Crippen LogP contribution in [-0.4, -0.2) is 129 Å². The number of likely N-dealkylation sites (tertiary alicyclic amines) is 2. The van der Waals surface area contributed by atoms with E-state index in [2.05, 4.69) is 25.1 Å². The molecule has 0 radical (unpaired) electrons. The lowest BCUT2D eigenvalue weighted by Crippen LogP contribution is -2.53. The Labute approximate surface area is 337 Å². The summed E-state index contributed by atoms with van der Waals surface area (Å²) in [5.41, 5.74) is 1.05. The molecule has 59 heavy (non-hydrogen) atoms. The minimum atomic E-state index is -0.933. The van der Waals surface area contributed by atoms with Gasteiger partial charge in [0, 0.05) is 82.1 Å². The van der Waals surface area contributed by atoms with Gasteiger partial charge >= 0.3 is 0 Å². The summed E-state index contributed by atoms with van der Waals surface area (Å²) in [5.74, 6) is -3.65. The third-order valence-electron chi connectivity index (χ3n) is 11.5. The maximum atomic E-state index is 15.0. The molecule has 13 nitrogen and oxygen atoms in total. The molecule has 3 fully saturated rings. The van der Waals surface area contributed by atoms with E-state index in [-0.39, 0.29) is 54.4 Å². The van der Waals surface area contributed by atoms with Crippen molar-refractivity contribution in [3.05, 3.63) is 124 Å². The summed E-state index contributed by atoms with van der Waals surface area (Å²) in [6, 6.07) is 13.8. The molecule has 3 aliphatic rings. The molecule has 0 spiro atoms. The van der Waals surface area contributed by atoms with Crippen molar-refractivity contribution in [3.63, 3.8) is 0 Å². The SMILES string of the molecule is O=C(CN1CCC(OC2CCN(C(=O)c3c(F)cc(-c4cncnc4)cc3F)CC2)CC1)N1CCN(C(=O)c2cc(Cc3n[nH]c(=O)c4ccccc34)ccc2F)CC1. The van der Waals surface area contributed by atoms with Crippen LogP contribution >= 0.6 is 0 Å². The van der Waals surface area contributed by atoms with Gasteiger partial charge in [-0.25, -0.2) is 28.2 Å². The zero-order valence-corrected chi connectivity index (χ0v) is 32.3. The first-order valence-corrected chi connectivity index (χ1v) is 19.8. The first-order chi connectivity index (χ1) is 28.6. The Balaban J connectivity index is 0.765. The number of carbonyl (C=O) groups excluding carboxylic acids is 3. The summed E-state index contributed by atoms with van der Waals surface area (Å²) >= 11 is 0. The molecule has 5 aromatic rings. The van der Waals surface area contributed by atoms with Gasteiger partial charge in [0.15, 0.2) is 0 Å². The fraction of sp³-hybridized carbons (Fsp3) is 0.372. The predicted molar refractivity (Wildman–Crippen MR) is 211 cm³/mol. The summed E-state index contributed by atoms with van der Waals surface area (Å²) in [7, 11) is 0. The number of hydrogen-bond donors (Lipinski definition) is 1. The van der Waals surface area contributed by atoms with E-state index in [1.807, 2.05) is 6.07 Å².